The minimum atomic E-state index is -4.44. The molecule has 0 fully saturated rings. The molecule has 6 heteroatoms. The van der Waals surface area contributed by atoms with Gasteiger partial charge in [0.05, 0.1) is 11.6 Å². The van der Waals surface area contributed by atoms with Gasteiger partial charge in [-0.25, -0.2) is 0 Å². The van der Waals surface area contributed by atoms with Crippen molar-refractivity contribution in [2.45, 2.75) is 32.5 Å². The van der Waals surface area contributed by atoms with Crippen LogP contribution >= 0.6 is 0 Å². The van der Waals surface area contributed by atoms with E-state index in [1.54, 1.807) is 0 Å². The maximum absolute atomic E-state index is 12.7. The minimum absolute atomic E-state index is 0.00774. The van der Waals surface area contributed by atoms with Gasteiger partial charge < -0.3 is 10.1 Å². The van der Waals surface area contributed by atoms with Crippen molar-refractivity contribution in [2.24, 2.45) is 0 Å². The zero-order chi connectivity index (χ0) is 18.4. The average molecular weight is 351 g/mol. The summed E-state index contributed by atoms with van der Waals surface area (Å²) in [6, 6.07) is 12.1. The molecule has 3 nitrogen and oxygen atoms in total. The van der Waals surface area contributed by atoms with Crippen LogP contribution in [0.15, 0.2) is 48.5 Å². The van der Waals surface area contributed by atoms with E-state index >= 15 is 0 Å². The van der Waals surface area contributed by atoms with E-state index in [2.05, 4.69) is 5.32 Å². The predicted molar refractivity (Wildman–Crippen MR) is 89.3 cm³/mol. The molecule has 0 aliphatic rings. The normalized spacial score (nSPS) is 12.5. The highest BCUT2D eigenvalue weighted by atomic mass is 19.4. The molecule has 1 amide bonds. The van der Waals surface area contributed by atoms with Crippen molar-refractivity contribution in [1.29, 1.82) is 0 Å². The van der Waals surface area contributed by atoms with E-state index < -0.39 is 11.7 Å². The summed E-state index contributed by atoms with van der Waals surface area (Å²) in [6.07, 6.45) is -3.75. The van der Waals surface area contributed by atoms with Crippen molar-refractivity contribution in [2.75, 3.05) is 6.61 Å². The largest absolute Gasteiger partial charge is 0.484 e. The van der Waals surface area contributed by atoms with Gasteiger partial charge in [-0.1, -0.05) is 42.8 Å². The first-order chi connectivity index (χ1) is 11.8. The first-order valence-corrected chi connectivity index (χ1v) is 7.95. The quantitative estimate of drug-likeness (QED) is 0.822. The summed E-state index contributed by atoms with van der Waals surface area (Å²) in [6.45, 7) is 3.58. The van der Waals surface area contributed by atoms with E-state index in [1.165, 1.54) is 12.1 Å². The summed E-state index contributed by atoms with van der Waals surface area (Å²) >= 11 is 0. The number of aryl methyl sites for hydroxylation is 1. The van der Waals surface area contributed by atoms with E-state index in [4.69, 9.17) is 4.74 Å². The van der Waals surface area contributed by atoms with Crippen molar-refractivity contribution < 1.29 is 22.7 Å². The number of ether oxygens (including phenoxy) is 1. The van der Waals surface area contributed by atoms with Crippen LogP contribution in [-0.2, 0) is 11.0 Å². The molecule has 1 N–H and O–H groups in total. The molecule has 2 aromatic rings. The Morgan fingerprint density at radius 1 is 1.16 bits per heavy atom. The monoisotopic (exact) mass is 351 g/mol. The van der Waals surface area contributed by atoms with Crippen LogP contribution in [0.3, 0.4) is 0 Å². The zero-order valence-corrected chi connectivity index (χ0v) is 14.1. The maximum Gasteiger partial charge on any atom is 0.416 e. The van der Waals surface area contributed by atoms with E-state index in [0.717, 1.165) is 23.3 Å². The van der Waals surface area contributed by atoms with Gasteiger partial charge in [0.1, 0.15) is 5.75 Å². The number of halogens is 3. The molecule has 25 heavy (non-hydrogen) atoms. The Morgan fingerprint density at radius 3 is 2.44 bits per heavy atom. The van der Waals surface area contributed by atoms with Crippen LogP contribution < -0.4 is 10.1 Å². The molecule has 0 aliphatic heterocycles. The molecule has 0 aromatic heterocycles. The number of carbonyl (C=O) groups excluding carboxylic acids is 1. The summed E-state index contributed by atoms with van der Waals surface area (Å²) in [7, 11) is 0. The number of carbonyl (C=O) groups is 1. The molecule has 0 bridgehead atoms. The highest BCUT2D eigenvalue weighted by molar-refractivity contribution is 5.78. The van der Waals surface area contributed by atoms with E-state index in [9.17, 15) is 18.0 Å². The average Bonchev–Trinajstić information content (AvgIpc) is 2.58. The summed E-state index contributed by atoms with van der Waals surface area (Å²) < 4.78 is 43.2. The third kappa shape index (κ3) is 5.52. The summed E-state index contributed by atoms with van der Waals surface area (Å²) in [5.41, 5.74) is 1.29. The predicted octanol–water partition coefficient (Wildman–Crippen LogP) is 4.66. The van der Waals surface area contributed by atoms with E-state index in [0.29, 0.717) is 6.42 Å². The lowest BCUT2D eigenvalue weighted by Crippen LogP contribution is -2.32. The van der Waals surface area contributed by atoms with Gasteiger partial charge in [-0.3, -0.25) is 4.79 Å². The number of benzene rings is 2. The number of nitrogens with one attached hydrogen (secondary N) is 1. The number of hydrogen-bond donors (Lipinski definition) is 1. The molecule has 0 unspecified atom stereocenters. The molecule has 1 atom stereocenters. The SMILES string of the molecule is CC[C@H](NC(=O)COc1cccc(C(F)(F)F)c1)c1ccc(C)cc1. The molecule has 0 heterocycles. The highest BCUT2D eigenvalue weighted by Crippen LogP contribution is 2.31. The molecular formula is C19H20F3NO2. The van der Waals surface area contributed by atoms with Crippen LogP contribution in [-0.4, -0.2) is 12.5 Å². The third-order valence-corrected chi connectivity index (χ3v) is 3.75. The Bertz CT molecular complexity index is 711. The van der Waals surface area contributed by atoms with Crippen molar-refractivity contribution in [3.63, 3.8) is 0 Å². The lowest BCUT2D eigenvalue weighted by atomic mass is 10.0. The zero-order valence-electron chi connectivity index (χ0n) is 14.1. The van der Waals surface area contributed by atoms with Crippen LogP contribution in [0.2, 0.25) is 0 Å². The first kappa shape index (κ1) is 18.8. The van der Waals surface area contributed by atoms with Gasteiger partial charge in [0.2, 0.25) is 0 Å². The lowest BCUT2D eigenvalue weighted by molar-refractivity contribution is -0.137. The van der Waals surface area contributed by atoms with Gasteiger partial charge in [-0.05, 0) is 37.1 Å². The third-order valence-electron chi connectivity index (χ3n) is 3.75. The molecule has 0 spiro atoms. The van der Waals surface area contributed by atoms with Gasteiger partial charge in [-0.15, -0.1) is 0 Å². The Hall–Kier alpha value is -2.50. The van der Waals surface area contributed by atoms with Gasteiger partial charge in [0, 0.05) is 0 Å². The molecule has 0 saturated heterocycles. The standard InChI is InChI=1S/C19H20F3NO2/c1-3-17(14-9-7-13(2)8-10-14)23-18(24)12-25-16-6-4-5-15(11-16)19(20,21)22/h4-11,17H,3,12H2,1-2H3,(H,23,24)/t17-/m0/s1. The minimum Gasteiger partial charge on any atom is -0.484 e. The fourth-order valence-electron chi connectivity index (χ4n) is 2.37. The van der Waals surface area contributed by atoms with Crippen LogP contribution in [0.5, 0.6) is 5.75 Å². The van der Waals surface area contributed by atoms with Crippen LogP contribution in [0.1, 0.15) is 36.1 Å². The van der Waals surface area contributed by atoms with Crippen molar-refractivity contribution in [3.05, 3.63) is 65.2 Å². The Labute approximate surface area is 144 Å². The second kappa shape index (κ2) is 8.05. The Balaban J connectivity index is 1.94. The molecule has 0 saturated carbocycles. The van der Waals surface area contributed by atoms with Gasteiger partial charge in [0.25, 0.3) is 5.91 Å². The first-order valence-electron chi connectivity index (χ1n) is 7.95. The molecule has 2 rings (SSSR count). The number of alkyl halides is 3. The lowest BCUT2D eigenvalue weighted by Gasteiger charge is -2.18. The summed E-state index contributed by atoms with van der Waals surface area (Å²) in [5.74, 6) is -0.377. The molecule has 0 aliphatic carbocycles. The number of rotatable bonds is 6. The molecular weight excluding hydrogens is 331 g/mol. The van der Waals surface area contributed by atoms with Gasteiger partial charge in [0.15, 0.2) is 6.61 Å². The topological polar surface area (TPSA) is 38.3 Å². The maximum atomic E-state index is 12.7. The van der Waals surface area contributed by atoms with Gasteiger partial charge in [-0.2, -0.15) is 13.2 Å². The van der Waals surface area contributed by atoms with Crippen molar-refractivity contribution in [3.8, 4) is 5.75 Å². The van der Waals surface area contributed by atoms with Crippen molar-refractivity contribution in [1.82, 2.24) is 5.32 Å². The fraction of sp³-hybridized carbons (Fsp3) is 0.316. The van der Waals surface area contributed by atoms with Crippen LogP contribution in [0.4, 0.5) is 13.2 Å². The highest BCUT2D eigenvalue weighted by Gasteiger charge is 2.30. The molecule has 0 radical (unpaired) electrons. The van der Waals surface area contributed by atoms with Crippen LogP contribution in [0.25, 0.3) is 0 Å². The Morgan fingerprint density at radius 2 is 1.84 bits per heavy atom. The van der Waals surface area contributed by atoms with Crippen LogP contribution in [0, 0.1) is 6.92 Å². The second-order valence-electron chi connectivity index (χ2n) is 5.75. The molecule has 134 valence electrons. The van der Waals surface area contributed by atoms with Crippen molar-refractivity contribution >= 4 is 5.91 Å². The number of hydrogen-bond acceptors (Lipinski definition) is 2. The number of amides is 1. The Kier molecular flexibility index (Phi) is 6.07. The summed E-state index contributed by atoms with van der Waals surface area (Å²) in [4.78, 5) is 12.0. The fourth-order valence-corrected chi connectivity index (χ4v) is 2.37. The van der Waals surface area contributed by atoms with E-state index in [-0.39, 0.29) is 24.3 Å². The molecule has 2 aromatic carbocycles. The van der Waals surface area contributed by atoms with E-state index in [1.807, 2.05) is 38.1 Å². The smallest absolute Gasteiger partial charge is 0.416 e. The summed E-state index contributed by atoms with van der Waals surface area (Å²) in [5, 5.41) is 2.83. The van der Waals surface area contributed by atoms with Gasteiger partial charge >= 0.3 is 6.18 Å². The second-order valence-corrected chi connectivity index (χ2v) is 5.75.